The Bertz CT molecular complexity index is 522. The molecule has 0 atom stereocenters. The average Bonchev–Trinajstić information content (AvgIpc) is 2.65. The minimum absolute atomic E-state index is 0.338. The first-order chi connectivity index (χ1) is 7.63. The lowest BCUT2D eigenvalue weighted by molar-refractivity contribution is 0.410. The zero-order chi connectivity index (χ0) is 11.7. The zero-order valence-corrected chi connectivity index (χ0v) is 9.04. The summed E-state index contributed by atoms with van der Waals surface area (Å²) < 4.78 is 18.9. The summed E-state index contributed by atoms with van der Waals surface area (Å²) in [6.45, 7) is 1.78. The molecule has 1 aromatic carbocycles. The normalized spacial score (nSPS) is 10.4. The van der Waals surface area contributed by atoms with Gasteiger partial charge in [-0.1, -0.05) is 0 Å². The molecule has 0 bridgehead atoms. The van der Waals surface area contributed by atoms with Gasteiger partial charge >= 0.3 is 0 Å². The molecule has 16 heavy (non-hydrogen) atoms. The second-order valence-corrected chi connectivity index (χ2v) is 3.50. The van der Waals surface area contributed by atoms with Gasteiger partial charge in [0.2, 0.25) is 0 Å². The maximum absolute atomic E-state index is 13.8. The number of benzene rings is 1. The van der Waals surface area contributed by atoms with Crippen LogP contribution in [0.1, 0.15) is 5.56 Å². The largest absolute Gasteiger partial charge is 0.496 e. The number of hydrogen-bond acceptors (Lipinski definition) is 3. The maximum atomic E-state index is 13.8. The number of nitrogens with one attached hydrogen (secondary N) is 1. The van der Waals surface area contributed by atoms with Gasteiger partial charge in [-0.15, -0.1) is 0 Å². The van der Waals surface area contributed by atoms with E-state index in [4.69, 9.17) is 10.5 Å². The average molecular weight is 221 g/mol. The van der Waals surface area contributed by atoms with Crippen molar-refractivity contribution in [3.05, 3.63) is 29.7 Å². The molecule has 2 aromatic rings. The van der Waals surface area contributed by atoms with Gasteiger partial charge in [0.15, 0.2) is 0 Å². The van der Waals surface area contributed by atoms with Gasteiger partial charge < -0.3 is 10.5 Å². The van der Waals surface area contributed by atoms with E-state index in [0.29, 0.717) is 22.7 Å². The summed E-state index contributed by atoms with van der Waals surface area (Å²) in [6, 6.07) is 3.03. The Morgan fingerprint density at radius 3 is 2.69 bits per heavy atom. The third-order valence-electron chi connectivity index (χ3n) is 2.44. The number of nitrogen functional groups attached to an aromatic ring is 1. The maximum Gasteiger partial charge on any atom is 0.131 e. The molecule has 1 heterocycles. The van der Waals surface area contributed by atoms with Crippen LogP contribution in [0.3, 0.4) is 0 Å². The second kappa shape index (κ2) is 3.84. The Labute approximate surface area is 92.2 Å². The topological polar surface area (TPSA) is 63.9 Å². The summed E-state index contributed by atoms with van der Waals surface area (Å²) in [5.74, 6) is 0.619. The number of hydrogen-bond donors (Lipinski definition) is 2. The van der Waals surface area contributed by atoms with E-state index >= 15 is 0 Å². The lowest BCUT2D eigenvalue weighted by Crippen LogP contribution is -1.94. The van der Waals surface area contributed by atoms with Crippen molar-refractivity contribution < 1.29 is 9.13 Å². The van der Waals surface area contributed by atoms with Crippen LogP contribution in [0.2, 0.25) is 0 Å². The monoisotopic (exact) mass is 221 g/mol. The first-order valence-corrected chi connectivity index (χ1v) is 4.77. The lowest BCUT2D eigenvalue weighted by atomic mass is 10.1. The SMILES string of the molecule is COc1cc(-c2cn[nH]c2N)c(F)cc1C. The summed E-state index contributed by atoms with van der Waals surface area (Å²) in [5, 5.41) is 6.33. The highest BCUT2D eigenvalue weighted by molar-refractivity contribution is 5.75. The molecule has 0 radical (unpaired) electrons. The van der Waals surface area contributed by atoms with Crippen LogP contribution in [0.5, 0.6) is 5.75 Å². The van der Waals surface area contributed by atoms with Gasteiger partial charge in [-0.2, -0.15) is 5.10 Å². The third-order valence-corrected chi connectivity index (χ3v) is 2.44. The van der Waals surface area contributed by atoms with Crippen LogP contribution in [0.25, 0.3) is 11.1 Å². The van der Waals surface area contributed by atoms with Crippen molar-refractivity contribution in [2.45, 2.75) is 6.92 Å². The molecule has 0 amide bonds. The number of aryl methyl sites for hydroxylation is 1. The minimum Gasteiger partial charge on any atom is -0.496 e. The van der Waals surface area contributed by atoms with Gasteiger partial charge in [-0.3, -0.25) is 5.10 Å². The molecule has 4 nitrogen and oxygen atoms in total. The molecule has 3 N–H and O–H groups in total. The lowest BCUT2D eigenvalue weighted by Gasteiger charge is -2.08. The van der Waals surface area contributed by atoms with E-state index < -0.39 is 0 Å². The van der Waals surface area contributed by atoms with Gasteiger partial charge in [-0.25, -0.2) is 4.39 Å². The number of aromatic nitrogens is 2. The summed E-state index contributed by atoms with van der Waals surface area (Å²) in [6.07, 6.45) is 1.49. The molecule has 0 saturated carbocycles. The smallest absolute Gasteiger partial charge is 0.131 e. The summed E-state index contributed by atoms with van der Waals surface area (Å²) in [5.41, 5.74) is 7.31. The fraction of sp³-hybridized carbons (Fsp3) is 0.182. The van der Waals surface area contributed by atoms with Crippen molar-refractivity contribution >= 4 is 5.82 Å². The summed E-state index contributed by atoms with van der Waals surface area (Å²) in [4.78, 5) is 0. The molecule has 1 aromatic heterocycles. The Morgan fingerprint density at radius 1 is 1.38 bits per heavy atom. The van der Waals surface area contributed by atoms with Gasteiger partial charge in [0.1, 0.15) is 17.4 Å². The number of halogens is 1. The van der Waals surface area contributed by atoms with E-state index in [1.54, 1.807) is 20.1 Å². The van der Waals surface area contributed by atoms with E-state index in [9.17, 15) is 4.39 Å². The quantitative estimate of drug-likeness (QED) is 0.816. The van der Waals surface area contributed by atoms with E-state index in [1.807, 2.05) is 0 Å². The van der Waals surface area contributed by atoms with Crippen LogP contribution in [0.4, 0.5) is 10.2 Å². The number of nitrogens with zero attached hydrogens (tertiary/aromatic N) is 1. The van der Waals surface area contributed by atoms with E-state index in [1.165, 1.54) is 12.3 Å². The van der Waals surface area contributed by atoms with Crippen molar-refractivity contribution in [2.24, 2.45) is 0 Å². The van der Waals surface area contributed by atoms with Crippen LogP contribution >= 0.6 is 0 Å². The van der Waals surface area contributed by atoms with Gasteiger partial charge in [0.25, 0.3) is 0 Å². The molecule has 0 spiro atoms. The number of nitrogens with two attached hydrogens (primary N) is 1. The number of rotatable bonds is 2. The van der Waals surface area contributed by atoms with Crippen LogP contribution in [-0.4, -0.2) is 17.3 Å². The highest BCUT2D eigenvalue weighted by atomic mass is 19.1. The van der Waals surface area contributed by atoms with E-state index in [-0.39, 0.29) is 5.82 Å². The van der Waals surface area contributed by atoms with Gasteiger partial charge in [0.05, 0.1) is 13.3 Å². The van der Waals surface area contributed by atoms with Crippen molar-refractivity contribution in [3.63, 3.8) is 0 Å². The van der Waals surface area contributed by atoms with Crippen LogP contribution in [-0.2, 0) is 0 Å². The third kappa shape index (κ3) is 1.60. The first-order valence-electron chi connectivity index (χ1n) is 4.77. The number of H-pyrrole nitrogens is 1. The van der Waals surface area contributed by atoms with Crippen LogP contribution in [0, 0.1) is 12.7 Å². The standard InChI is InChI=1S/C11H12FN3O/c1-6-3-9(12)7(4-10(6)16-2)8-5-14-15-11(8)13/h3-5H,1-2H3,(H3,13,14,15). The predicted octanol–water partition coefficient (Wildman–Crippen LogP) is 2.12. The Morgan fingerprint density at radius 2 is 2.12 bits per heavy atom. The van der Waals surface area contributed by atoms with E-state index in [0.717, 1.165) is 5.56 Å². The Balaban J connectivity index is 2.61. The van der Waals surface area contributed by atoms with Gasteiger partial charge in [0, 0.05) is 11.1 Å². The first kappa shape index (κ1) is 10.5. The molecular formula is C11H12FN3O. The van der Waals surface area contributed by atoms with Gasteiger partial charge in [-0.05, 0) is 24.6 Å². The second-order valence-electron chi connectivity index (χ2n) is 3.50. The molecule has 0 saturated heterocycles. The molecule has 0 unspecified atom stereocenters. The molecule has 0 aliphatic rings. The fourth-order valence-electron chi connectivity index (χ4n) is 1.59. The summed E-state index contributed by atoms with van der Waals surface area (Å²) in [7, 11) is 1.54. The molecular weight excluding hydrogens is 209 g/mol. The van der Waals surface area contributed by atoms with Crippen molar-refractivity contribution in [2.75, 3.05) is 12.8 Å². The Hall–Kier alpha value is -2.04. The molecule has 2 rings (SSSR count). The van der Waals surface area contributed by atoms with E-state index in [2.05, 4.69) is 10.2 Å². The highest BCUT2D eigenvalue weighted by Crippen LogP contribution is 2.31. The molecule has 5 heteroatoms. The number of anilines is 1. The summed E-state index contributed by atoms with van der Waals surface area (Å²) >= 11 is 0. The number of methoxy groups -OCH3 is 1. The fourth-order valence-corrected chi connectivity index (χ4v) is 1.59. The number of aromatic amines is 1. The molecule has 0 aliphatic heterocycles. The molecule has 84 valence electrons. The highest BCUT2D eigenvalue weighted by Gasteiger charge is 2.13. The minimum atomic E-state index is -0.341. The Kier molecular flexibility index (Phi) is 2.52. The van der Waals surface area contributed by atoms with Crippen molar-refractivity contribution in [1.82, 2.24) is 10.2 Å². The molecule has 0 fully saturated rings. The van der Waals surface area contributed by atoms with Crippen molar-refractivity contribution in [1.29, 1.82) is 0 Å². The predicted molar refractivity (Wildman–Crippen MR) is 59.7 cm³/mol. The zero-order valence-electron chi connectivity index (χ0n) is 9.04. The van der Waals surface area contributed by atoms with Crippen LogP contribution < -0.4 is 10.5 Å². The van der Waals surface area contributed by atoms with Crippen LogP contribution in [0.15, 0.2) is 18.3 Å². The number of ether oxygens (including phenoxy) is 1. The van der Waals surface area contributed by atoms with Crippen molar-refractivity contribution in [3.8, 4) is 16.9 Å². The molecule has 0 aliphatic carbocycles.